The summed E-state index contributed by atoms with van der Waals surface area (Å²) in [6.07, 6.45) is 2.44. The molecule has 0 heterocycles. The minimum Gasteiger partial charge on any atom is -0.458 e. The van der Waals surface area contributed by atoms with E-state index in [1.54, 1.807) is 0 Å². The van der Waals surface area contributed by atoms with Gasteiger partial charge in [0, 0.05) is 6.08 Å². The largest absolute Gasteiger partial charge is 0.458 e. The molecule has 0 saturated carbocycles. The molecule has 2 nitrogen and oxygen atoms in total. The molecule has 0 aliphatic carbocycles. The minimum absolute atomic E-state index is 0.544. The van der Waals surface area contributed by atoms with Crippen LogP contribution in [0.25, 0.3) is 0 Å². The van der Waals surface area contributed by atoms with Gasteiger partial charge in [-0.25, -0.2) is 4.79 Å². The fourth-order valence-electron chi connectivity index (χ4n) is 0.740. The van der Waals surface area contributed by atoms with Crippen LogP contribution in [-0.2, 0) is 9.53 Å². The zero-order valence-electron chi connectivity index (χ0n) is 7.23. The molecule has 13 heavy (non-hydrogen) atoms. The fourth-order valence-corrected chi connectivity index (χ4v) is 2.99. The quantitative estimate of drug-likeness (QED) is 0.329. The molecule has 0 aromatic rings. The highest BCUT2D eigenvalue weighted by Gasteiger charge is 2.39. The summed E-state index contributed by atoms with van der Waals surface area (Å²) in [6, 6.07) is -2.96. The number of esters is 1. The molecule has 0 aromatic heterocycles. The van der Waals surface area contributed by atoms with Crippen LogP contribution >= 0.6 is 33.2 Å². The summed E-state index contributed by atoms with van der Waals surface area (Å²) in [4.78, 5) is 10.8. The Morgan fingerprint density at radius 2 is 2.15 bits per heavy atom. The third-order valence-electron chi connectivity index (χ3n) is 1.34. The molecular weight excluding hydrogens is 251 g/mol. The second-order valence-electron chi connectivity index (χ2n) is 2.46. The number of carbonyl (C=O) groups is 1. The van der Waals surface area contributed by atoms with Crippen LogP contribution in [0, 0.1) is 0 Å². The second kappa shape index (κ2) is 5.91. The van der Waals surface area contributed by atoms with Crippen molar-refractivity contribution in [2.75, 3.05) is 0 Å². The van der Waals surface area contributed by atoms with Gasteiger partial charge >= 0.3 is 12.0 Å². The van der Waals surface area contributed by atoms with E-state index in [0.717, 1.165) is 12.5 Å². The van der Waals surface area contributed by atoms with E-state index in [-0.39, 0.29) is 0 Å². The molecule has 0 spiro atoms. The van der Waals surface area contributed by atoms with Gasteiger partial charge in [-0.1, -0.05) is 19.9 Å². The SMILES string of the molecule is C=CC(=O)OC(CCC)[Si](Cl)(Cl)Cl. The van der Waals surface area contributed by atoms with Crippen LogP contribution in [0.4, 0.5) is 0 Å². The van der Waals surface area contributed by atoms with Gasteiger partial charge in [0.15, 0.2) is 0 Å². The molecule has 0 bridgehead atoms. The van der Waals surface area contributed by atoms with Gasteiger partial charge in [0.25, 0.3) is 0 Å². The fraction of sp³-hybridized carbons (Fsp3) is 0.571. The summed E-state index contributed by atoms with van der Waals surface area (Å²) in [7, 11) is 0. The van der Waals surface area contributed by atoms with Crippen molar-refractivity contribution in [2.24, 2.45) is 0 Å². The van der Waals surface area contributed by atoms with Crippen molar-refractivity contribution >= 4 is 45.2 Å². The molecule has 0 rings (SSSR count). The first-order chi connectivity index (χ1) is 5.91. The predicted molar refractivity (Wildman–Crippen MR) is 58.3 cm³/mol. The Balaban J connectivity index is 4.26. The lowest BCUT2D eigenvalue weighted by Gasteiger charge is -2.20. The van der Waals surface area contributed by atoms with Crippen LogP contribution in [0.3, 0.4) is 0 Å². The number of hydrogen-bond donors (Lipinski definition) is 0. The van der Waals surface area contributed by atoms with Crippen molar-refractivity contribution in [1.29, 1.82) is 0 Å². The van der Waals surface area contributed by atoms with E-state index in [0.29, 0.717) is 6.42 Å². The molecule has 1 unspecified atom stereocenters. The Labute approximate surface area is 92.9 Å². The van der Waals surface area contributed by atoms with E-state index in [4.69, 9.17) is 38.0 Å². The number of hydrogen-bond acceptors (Lipinski definition) is 2. The third kappa shape index (κ3) is 5.57. The maximum atomic E-state index is 10.8. The van der Waals surface area contributed by atoms with Gasteiger partial charge in [-0.2, -0.15) is 0 Å². The van der Waals surface area contributed by atoms with Gasteiger partial charge in [0.05, 0.1) is 0 Å². The molecule has 0 radical (unpaired) electrons. The first-order valence-electron chi connectivity index (χ1n) is 3.81. The minimum atomic E-state index is -2.96. The summed E-state index contributed by atoms with van der Waals surface area (Å²) >= 11 is 17.2. The maximum absolute atomic E-state index is 10.8. The number of rotatable bonds is 5. The molecule has 0 amide bonds. The molecule has 0 aliphatic heterocycles. The molecule has 0 aliphatic rings. The highest BCUT2D eigenvalue weighted by atomic mass is 35.8. The van der Waals surface area contributed by atoms with Gasteiger partial charge in [0.1, 0.15) is 5.73 Å². The summed E-state index contributed by atoms with van der Waals surface area (Å²) < 4.78 is 4.91. The number of ether oxygens (including phenoxy) is 1. The lowest BCUT2D eigenvalue weighted by atomic mass is 10.3. The van der Waals surface area contributed by atoms with Crippen LogP contribution in [0.5, 0.6) is 0 Å². The smallest absolute Gasteiger partial charge is 0.381 e. The summed E-state index contributed by atoms with van der Waals surface area (Å²) in [5.74, 6) is -0.544. The van der Waals surface area contributed by atoms with Gasteiger partial charge in [0.2, 0.25) is 0 Å². The first-order valence-corrected chi connectivity index (χ1v) is 8.92. The van der Waals surface area contributed by atoms with Crippen molar-refractivity contribution in [3.63, 3.8) is 0 Å². The van der Waals surface area contributed by atoms with E-state index >= 15 is 0 Å². The maximum Gasteiger partial charge on any atom is 0.381 e. The van der Waals surface area contributed by atoms with Crippen molar-refractivity contribution in [1.82, 2.24) is 0 Å². The van der Waals surface area contributed by atoms with Crippen LogP contribution in [0.15, 0.2) is 12.7 Å². The van der Waals surface area contributed by atoms with Crippen LogP contribution in [0.2, 0.25) is 0 Å². The molecule has 0 saturated heterocycles. The van der Waals surface area contributed by atoms with E-state index in [9.17, 15) is 4.79 Å². The van der Waals surface area contributed by atoms with E-state index in [1.807, 2.05) is 6.92 Å². The molecule has 76 valence electrons. The number of halogens is 3. The Hall–Kier alpha value is 0.297. The van der Waals surface area contributed by atoms with E-state index in [2.05, 4.69) is 6.58 Å². The van der Waals surface area contributed by atoms with Crippen molar-refractivity contribution in [2.45, 2.75) is 25.5 Å². The highest BCUT2D eigenvalue weighted by molar-refractivity contribution is 7.65. The van der Waals surface area contributed by atoms with Crippen LogP contribution < -0.4 is 0 Å². The standard InChI is InChI=1S/C7H11Cl3O2Si/c1-3-5-7(13(8,9)10)12-6(11)4-2/h4,7H,2-3,5H2,1H3. The van der Waals surface area contributed by atoms with Gasteiger partial charge in [-0.15, -0.1) is 33.2 Å². The molecule has 1 atom stereocenters. The molecule has 6 heteroatoms. The molecule has 0 fully saturated rings. The topological polar surface area (TPSA) is 26.3 Å². The second-order valence-corrected chi connectivity index (χ2v) is 11.3. The monoisotopic (exact) mass is 260 g/mol. The average molecular weight is 262 g/mol. The summed E-state index contributed by atoms with van der Waals surface area (Å²) in [5, 5.41) is 0. The van der Waals surface area contributed by atoms with Gasteiger partial charge in [-0.05, 0) is 6.42 Å². The zero-order valence-corrected chi connectivity index (χ0v) is 10.5. The third-order valence-corrected chi connectivity index (χ3v) is 4.67. The van der Waals surface area contributed by atoms with E-state index in [1.165, 1.54) is 0 Å². The lowest BCUT2D eigenvalue weighted by Crippen LogP contribution is -2.35. The Morgan fingerprint density at radius 1 is 1.62 bits per heavy atom. The lowest BCUT2D eigenvalue weighted by molar-refractivity contribution is -0.139. The van der Waals surface area contributed by atoms with Crippen LogP contribution in [-0.4, -0.2) is 17.7 Å². The van der Waals surface area contributed by atoms with Gasteiger partial charge < -0.3 is 4.74 Å². The van der Waals surface area contributed by atoms with Crippen molar-refractivity contribution in [3.05, 3.63) is 12.7 Å². The molecule has 0 aromatic carbocycles. The predicted octanol–water partition coefficient (Wildman–Crippen LogP) is 3.08. The Morgan fingerprint density at radius 3 is 2.46 bits per heavy atom. The van der Waals surface area contributed by atoms with Crippen molar-refractivity contribution < 1.29 is 9.53 Å². The van der Waals surface area contributed by atoms with Gasteiger partial charge in [-0.3, -0.25) is 0 Å². The van der Waals surface area contributed by atoms with E-state index < -0.39 is 17.7 Å². The Kier molecular flexibility index (Phi) is 6.04. The first kappa shape index (κ1) is 13.3. The highest BCUT2D eigenvalue weighted by Crippen LogP contribution is 2.29. The van der Waals surface area contributed by atoms with Crippen LogP contribution in [0.1, 0.15) is 19.8 Å². The summed E-state index contributed by atoms with van der Waals surface area (Å²) in [6.45, 7) is 5.20. The molecule has 0 N–H and O–H groups in total. The summed E-state index contributed by atoms with van der Waals surface area (Å²) in [5.41, 5.74) is -0.576. The zero-order chi connectivity index (χ0) is 10.5. The number of carbonyl (C=O) groups excluding carboxylic acids is 1. The average Bonchev–Trinajstić information content (AvgIpc) is 2.01. The Bertz CT molecular complexity index is 191. The molecular formula is C7H11Cl3O2Si. The van der Waals surface area contributed by atoms with Crippen molar-refractivity contribution in [3.8, 4) is 0 Å². The normalized spacial score (nSPS) is 13.5.